The third-order valence-corrected chi connectivity index (χ3v) is 6.87. The Balaban J connectivity index is 1.84. The Morgan fingerprint density at radius 1 is 0.897 bits per heavy atom. The topological polar surface area (TPSA) is 42.2 Å². The Labute approximate surface area is 171 Å². The van der Waals surface area contributed by atoms with Crippen LogP contribution in [0.25, 0.3) is 42.7 Å². The Kier molecular flexibility index (Phi) is 3.40. The van der Waals surface area contributed by atoms with Gasteiger partial charge in [-0.05, 0) is 36.1 Å². The van der Waals surface area contributed by atoms with Crippen LogP contribution < -0.4 is 0 Å². The van der Waals surface area contributed by atoms with Crippen LogP contribution in [0.5, 0.6) is 0 Å². The van der Waals surface area contributed by atoms with Gasteiger partial charge in [-0.3, -0.25) is 4.79 Å². The molecule has 0 saturated heterocycles. The normalized spacial score (nSPS) is 13.8. The van der Waals surface area contributed by atoms with Crippen molar-refractivity contribution in [2.24, 2.45) is 0 Å². The fourth-order valence-corrected chi connectivity index (χ4v) is 5.70. The molecule has 1 aliphatic rings. The van der Waals surface area contributed by atoms with Crippen LogP contribution in [0.15, 0.2) is 72.8 Å². The van der Waals surface area contributed by atoms with Crippen LogP contribution in [0.3, 0.4) is 0 Å². The highest BCUT2D eigenvalue weighted by Gasteiger charge is 2.32. The van der Waals surface area contributed by atoms with Crippen LogP contribution in [-0.4, -0.2) is 15.5 Å². The number of aliphatic hydroxyl groups is 1. The molecule has 1 unspecified atom stereocenters. The van der Waals surface area contributed by atoms with Gasteiger partial charge in [-0.2, -0.15) is 0 Å². The first-order chi connectivity index (χ1) is 14.1. The van der Waals surface area contributed by atoms with Gasteiger partial charge in [0.15, 0.2) is 5.78 Å². The summed E-state index contributed by atoms with van der Waals surface area (Å²) in [5.74, 6) is 0.0457. The second kappa shape index (κ2) is 5.89. The average molecular weight is 395 g/mol. The Hall–Kier alpha value is -3.21. The number of aromatic nitrogens is 1. The maximum Gasteiger partial charge on any atom is 0.194 e. The maximum absolute atomic E-state index is 13.2. The number of hydrogen-bond acceptors (Lipinski definition) is 3. The van der Waals surface area contributed by atoms with Gasteiger partial charge in [0.05, 0.1) is 16.1 Å². The third-order valence-electron chi connectivity index (χ3n) is 5.75. The number of aliphatic hydroxyl groups excluding tert-OH is 1. The average Bonchev–Trinajstić information content (AvgIpc) is 3.31. The van der Waals surface area contributed by atoms with Gasteiger partial charge in [0.1, 0.15) is 6.23 Å². The molecule has 1 aliphatic carbocycles. The van der Waals surface area contributed by atoms with E-state index in [1.807, 2.05) is 59.2 Å². The van der Waals surface area contributed by atoms with E-state index in [0.717, 1.165) is 38.2 Å². The van der Waals surface area contributed by atoms with Gasteiger partial charge in [0.2, 0.25) is 0 Å². The van der Waals surface area contributed by atoms with E-state index in [1.54, 1.807) is 18.3 Å². The summed E-state index contributed by atoms with van der Waals surface area (Å²) in [4.78, 5) is 14.3. The second-order valence-electron chi connectivity index (χ2n) is 7.45. The third kappa shape index (κ3) is 2.18. The molecule has 3 nitrogen and oxygen atoms in total. The molecule has 2 aromatic heterocycles. The number of hydrogen-bond donors (Lipinski definition) is 1. The zero-order valence-corrected chi connectivity index (χ0v) is 16.5. The van der Waals surface area contributed by atoms with Crippen molar-refractivity contribution in [3.8, 4) is 21.7 Å². The summed E-state index contributed by atoms with van der Waals surface area (Å²) in [5, 5.41) is 12.9. The maximum atomic E-state index is 13.2. The van der Waals surface area contributed by atoms with E-state index < -0.39 is 6.23 Å². The standard InChI is InChI=1S/C25H17NO2S/c1-14(27)26-19-11-6-10-18-22(19)23(16-8-3-4-9-17(16)25(18)28)24(26)21-13-15-7-2-5-12-20(15)29-21/h2-14,27H,1H3. The summed E-state index contributed by atoms with van der Waals surface area (Å²) in [7, 11) is 0. The number of rotatable bonds is 2. The van der Waals surface area contributed by atoms with Gasteiger partial charge in [-0.1, -0.05) is 54.6 Å². The molecule has 140 valence electrons. The number of nitrogens with zero attached hydrogens (tertiary/aromatic N) is 1. The lowest BCUT2D eigenvalue weighted by Gasteiger charge is -2.17. The molecule has 0 amide bonds. The molecule has 29 heavy (non-hydrogen) atoms. The number of ketones is 1. The predicted molar refractivity (Wildman–Crippen MR) is 119 cm³/mol. The summed E-state index contributed by atoms with van der Waals surface area (Å²) in [6.07, 6.45) is -0.720. The van der Waals surface area contributed by atoms with Crippen LogP contribution >= 0.6 is 11.3 Å². The summed E-state index contributed by atoms with van der Waals surface area (Å²) in [6.45, 7) is 1.78. The number of fused-ring (bicyclic) bond motifs is 3. The smallest absolute Gasteiger partial charge is 0.194 e. The Morgan fingerprint density at radius 2 is 1.62 bits per heavy atom. The van der Waals surface area contributed by atoms with Crippen molar-refractivity contribution in [1.82, 2.24) is 4.57 Å². The number of thiophene rings is 1. The number of benzene rings is 3. The lowest BCUT2D eigenvalue weighted by atomic mass is 9.84. The molecule has 2 heterocycles. The van der Waals surface area contributed by atoms with E-state index in [0.29, 0.717) is 5.56 Å². The van der Waals surface area contributed by atoms with E-state index in [-0.39, 0.29) is 5.78 Å². The van der Waals surface area contributed by atoms with E-state index >= 15 is 0 Å². The lowest BCUT2D eigenvalue weighted by molar-refractivity contribution is 0.104. The molecule has 5 aromatic rings. The molecule has 0 radical (unpaired) electrons. The van der Waals surface area contributed by atoms with Crippen LogP contribution in [-0.2, 0) is 0 Å². The SMILES string of the molecule is CC(O)n1c(-c2cc3ccccc3s2)c2c3c(cccc31)C(=O)c1ccccc1-2. The minimum Gasteiger partial charge on any atom is -0.374 e. The van der Waals surface area contributed by atoms with Gasteiger partial charge in [-0.25, -0.2) is 0 Å². The van der Waals surface area contributed by atoms with Gasteiger partial charge < -0.3 is 9.67 Å². The summed E-state index contributed by atoms with van der Waals surface area (Å²) in [6, 6.07) is 24.1. The van der Waals surface area contributed by atoms with Crippen LogP contribution in [0.1, 0.15) is 29.1 Å². The van der Waals surface area contributed by atoms with Gasteiger partial charge in [0, 0.05) is 26.8 Å². The molecule has 6 rings (SSSR count). The first-order valence-corrected chi connectivity index (χ1v) is 10.4. The molecular weight excluding hydrogens is 378 g/mol. The van der Waals surface area contributed by atoms with Crippen molar-refractivity contribution < 1.29 is 9.90 Å². The van der Waals surface area contributed by atoms with Gasteiger partial charge in [-0.15, -0.1) is 11.3 Å². The van der Waals surface area contributed by atoms with Crippen LogP contribution in [0.4, 0.5) is 0 Å². The highest BCUT2D eigenvalue weighted by Crippen LogP contribution is 2.49. The highest BCUT2D eigenvalue weighted by molar-refractivity contribution is 7.22. The zero-order chi connectivity index (χ0) is 19.7. The minimum atomic E-state index is -0.720. The van der Waals surface area contributed by atoms with Gasteiger partial charge >= 0.3 is 0 Å². The predicted octanol–water partition coefficient (Wildman–Crippen LogP) is 6.25. The summed E-state index contributed by atoms with van der Waals surface area (Å²) < 4.78 is 3.17. The van der Waals surface area contributed by atoms with E-state index in [9.17, 15) is 9.90 Å². The van der Waals surface area contributed by atoms with Crippen molar-refractivity contribution in [2.75, 3.05) is 0 Å². The fourth-order valence-electron chi connectivity index (χ4n) is 4.59. The largest absolute Gasteiger partial charge is 0.374 e. The molecule has 0 bridgehead atoms. The van der Waals surface area contributed by atoms with Crippen molar-refractivity contribution in [2.45, 2.75) is 13.2 Å². The van der Waals surface area contributed by atoms with Crippen LogP contribution in [0.2, 0.25) is 0 Å². The minimum absolute atomic E-state index is 0.0457. The Bertz CT molecular complexity index is 1420. The molecule has 0 spiro atoms. The van der Waals surface area contributed by atoms with Crippen molar-refractivity contribution in [3.05, 3.63) is 83.9 Å². The molecule has 0 fully saturated rings. The lowest BCUT2D eigenvalue weighted by Crippen LogP contribution is -2.08. The van der Waals surface area contributed by atoms with Crippen molar-refractivity contribution in [3.63, 3.8) is 0 Å². The molecular formula is C25H17NO2S. The van der Waals surface area contributed by atoms with Gasteiger partial charge in [0.25, 0.3) is 0 Å². The zero-order valence-electron chi connectivity index (χ0n) is 15.7. The van der Waals surface area contributed by atoms with Crippen LogP contribution in [0, 0.1) is 0 Å². The van der Waals surface area contributed by atoms with E-state index in [4.69, 9.17) is 0 Å². The number of carbonyl (C=O) groups excluding carboxylic acids is 1. The van der Waals surface area contributed by atoms with E-state index in [1.165, 1.54) is 10.1 Å². The summed E-state index contributed by atoms with van der Waals surface area (Å²) >= 11 is 1.72. The highest BCUT2D eigenvalue weighted by atomic mass is 32.1. The van der Waals surface area contributed by atoms with Crippen molar-refractivity contribution >= 4 is 38.1 Å². The fraction of sp³-hybridized carbons (Fsp3) is 0.0800. The molecule has 1 N–H and O–H groups in total. The molecule has 0 saturated carbocycles. The summed E-state index contributed by atoms with van der Waals surface area (Å²) in [5.41, 5.74) is 5.27. The van der Waals surface area contributed by atoms with E-state index in [2.05, 4.69) is 18.2 Å². The Morgan fingerprint density at radius 3 is 2.41 bits per heavy atom. The first kappa shape index (κ1) is 16.7. The molecule has 3 aromatic carbocycles. The van der Waals surface area contributed by atoms with Crippen molar-refractivity contribution in [1.29, 1.82) is 0 Å². The monoisotopic (exact) mass is 395 g/mol. The first-order valence-electron chi connectivity index (χ1n) is 9.63. The number of carbonyl (C=O) groups is 1. The quantitative estimate of drug-likeness (QED) is 0.377. The second-order valence-corrected chi connectivity index (χ2v) is 8.53. The molecule has 0 aliphatic heterocycles. The molecule has 1 atom stereocenters. The molecule has 4 heteroatoms.